The van der Waals surface area contributed by atoms with Crippen LogP contribution in [0.4, 0.5) is 0 Å². The van der Waals surface area contributed by atoms with Crippen LogP contribution in [0.3, 0.4) is 0 Å². The first-order valence-corrected chi connectivity index (χ1v) is 5.76. The van der Waals surface area contributed by atoms with Crippen molar-refractivity contribution in [2.24, 2.45) is 0 Å². The van der Waals surface area contributed by atoms with Gasteiger partial charge in [0.2, 0.25) is 0 Å². The van der Waals surface area contributed by atoms with Gasteiger partial charge in [0.25, 0.3) is 0 Å². The first-order chi connectivity index (χ1) is 7.20. The Morgan fingerprint density at radius 1 is 1.40 bits per heavy atom. The van der Waals surface area contributed by atoms with Gasteiger partial charge in [-0.2, -0.15) is 0 Å². The number of benzene rings is 1. The van der Waals surface area contributed by atoms with Crippen LogP contribution in [-0.4, -0.2) is 11.6 Å². The second-order valence-corrected chi connectivity index (χ2v) is 4.26. The molecule has 4 heteroatoms. The highest BCUT2D eigenvalue weighted by atomic mass is 79.9. The van der Waals surface area contributed by atoms with Crippen LogP contribution in [0, 0.1) is 0 Å². The van der Waals surface area contributed by atoms with E-state index in [2.05, 4.69) is 20.9 Å². The molecule has 1 aromatic heterocycles. The van der Waals surface area contributed by atoms with Crippen LogP contribution < -0.4 is 4.74 Å². The maximum Gasteiger partial charge on any atom is 0.143 e. The minimum atomic E-state index is 0.478. The van der Waals surface area contributed by atoms with Gasteiger partial charge >= 0.3 is 0 Å². The van der Waals surface area contributed by atoms with E-state index in [-0.39, 0.29) is 0 Å². The molecule has 78 valence electrons. The Labute approximate surface area is 101 Å². The topological polar surface area (TPSA) is 22.1 Å². The van der Waals surface area contributed by atoms with E-state index >= 15 is 0 Å². The Morgan fingerprint density at radius 2 is 2.20 bits per heavy atom. The molecule has 0 atom stereocenters. The summed E-state index contributed by atoms with van der Waals surface area (Å²) in [6.07, 6.45) is 0. The van der Waals surface area contributed by atoms with E-state index in [1.807, 2.05) is 31.2 Å². The number of nitrogens with zero attached hydrogens (tertiary/aromatic N) is 1. The van der Waals surface area contributed by atoms with Crippen molar-refractivity contribution < 1.29 is 4.74 Å². The van der Waals surface area contributed by atoms with Crippen molar-refractivity contribution in [3.8, 4) is 5.75 Å². The highest BCUT2D eigenvalue weighted by Crippen LogP contribution is 2.27. The van der Waals surface area contributed by atoms with E-state index in [4.69, 9.17) is 16.3 Å². The molecule has 0 amide bonds. The number of ether oxygens (including phenoxy) is 1. The molecule has 1 heterocycles. The summed E-state index contributed by atoms with van der Waals surface area (Å²) in [5.41, 5.74) is 0.867. The van der Waals surface area contributed by atoms with Crippen molar-refractivity contribution in [2.75, 3.05) is 6.61 Å². The lowest BCUT2D eigenvalue weighted by atomic mass is 10.2. The number of halogens is 2. The molecule has 0 saturated carbocycles. The standard InChI is InChI=1S/C11H9BrClNO/c1-2-15-8-3-4-10-7(5-8)6-9(12)11(13)14-10/h3-6H,2H2,1H3. The van der Waals surface area contributed by atoms with Crippen molar-refractivity contribution in [1.29, 1.82) is 0 Å². The van der Waals surface area contributed by atoms with Crippen LogP contribution in [0.25, 0.3) is 10.9 Å². The molecule has 0 bridgehead atoms. The molecular weight excluding hydrogens is 277 g/mol. The fraction of sp³-hybridized carbons (Fsp3) is 0.182. The van der Waals surface area contributed by atoms with Crippen molar-refractivity contribution in [2.45, 2.75) is 6.92 Å². The molecule has 0 aliphatic carbocycles. The lowest BCUT2D eigenvalue weighted by Crippen LogP contribution is -1.91. The average molecular weight is 287 g/mol. The number of aromatic nitrogens is 1. The molecule has 15 heavy (non-hydrogen) atoms. The molecule has 0 aliphatic rings. The average Bonchev–Trinajstić information content (AvgIpc) is 2.21. The minimum Gasteiger partial charge on any atom is -0.494 e. The number of hydrogen-bond donors (Lipinski definition) is 0. The third-order valence-electron chi connectivity index (χ3n) is 2.01. The maximum absolute atomic E-state index is 5.90. The fourth-order valence-corrected chi connectivity index (χ4v) is 1.84. The third kappa shape index (κ3) is 2.24. The minimum absolute atomic E-state index is 0.478. The van der Waals surface area contributed by atoms with Gasteiger partial charge in [-0.05, 0) is 47.1 Å². The Bertz CT molecular complexity index is 501. The third-order valence-corrected chi connectivity index (χ3v) is 3.13. The zero-order valence-electron chi connectivity index (χ0n) is 8.13. The normalized spacial score (nSPS) is 10.6. The highest BCUT2D eigenvalue weighted by Gasteiger charge is 2.03. The molecule has 2 aromatic rings. The van der Waals surface area contributed by atoms with Crippen LogP contribution in [0.1, 0.15) is 6.92 Å². The summed E-state index contributed by atoms with van der Waals surface area (Å²) < 4.78 is 6.20. The first kappa shape index (κ1) is 10.7. The van der Waals surface area contributed by atoms with E-state index in [1.54, 1.807) is 0 Å². The molecule has 2 rings (SSSR count). The SMILES string of the molecule is CCOc1ccc2nc(Cl)c(Br)cc2c1. The van der Waals surface area contributed by atoms with Crippen LogP contribution in [0.2, 0.25) is 5.15 Å². The quantitative estimate of drug-likeness (QED) is 0.777. The van der Waals surface area contributed by atoms with E-state index < -0.39 is 0 Å². The Morgan fingerprint density at radius 3 is 2.93 bits per heavy atom. The fourth-order valence-electron chi connectivity index (χ4n) is 1.36. The summed E-state index contributed by atoms with van der Waals surface area (Å²) in [5, 5.41) is 1.49. The zero-order valence-corrected chi connectivity index (χ0v) is 10.5. The second kappa shape index (κ2) is 4.37. The molecule has 0 N–H and O–H groups in total. The highest BCUT2D eigenvalue weighted by molar-refractivity contribution is 9.10. The Balaban J connectivity index is 2.56. The van der Waals surface area contributed by atoms with Crippen LogP contribution >= 0.6 is 27.5 Å². The van der Waals surface area contributed by atoms with Gasteiger partial charge in [0, 0.05) is 5.39 Å². The van der Waals surface area contributed by atoms with Crippen molar-refractivity contribution >= 4 is 38.4 Å². The molecular formula is C11H9BrClNO. The first-order valence-electron chi connectivity index (χ1n) is 4.59. The summed E-state index contributed by atoms with van der Waals surface area (Å²) in [5.74, 6) is 0.848. The Hall–Kier alpha value is -0.800. The second-order valence-electron chi connectivity index (χ2n) is 3.05. The van der Waals surface area contributed by atoms with Gasteiger partial charge in [-0.15, -0.1) is 0 Å². The van der Waals surface area contributed by atoms with Crippen LogP contribution in [-0.2, 0) is 0 Å². The summed E-state index contributed by atoms with van der Waals surface area (Å²) in [6.45, 7) is 2.62. The van der Waals surface area contributed by atoms with E-state index in [0.717, 1.165) is 21.1 Å². The van der Waals surface area contributed by atoms with Crippen molar-refractivity contribution in [3.63, 3.8) is 0 Å². The van der Waals surface area contributed by atoms with Gasteiger partial charge in [-0.3, -0.25) is 0 Å². The van der Waals surface area contributed by atoms with Crippen molar-refractivity contribution in [1.82, 2.24) is 4.98 Å². The summed E-state index contributed by atoms with van der Waals surface area (Å²) in [4.78, 5) is 4.24. The smallest absolute Gasteiger partial charge is 0.143 e. The molecule has 0 aliphatic heterocycles. The van der Waals surface area contributed by atoms with Gasteiger partial charge < -0.3 is 4.74 Å². The van der Waals surface area contributed by atoms with E-state index in [0.29, 0.717) is 11.8 Å². The zero-order chi connectivity index (χ0) is 10.8. The summed E-state index contributed by atoms with van der Waals surface area (Å²) in [6, 6.07) is 7.68. The lowest BCUT2D eigenvalue weighted by Gasteiger charge is -2.05. The van der Waals surface area contributed by atoms with Gasteiger partial charge in [0.15, 0.2) is 0 Å². The summed E-state index contributed by atoms with van der Waals surface area (Å²) >= 11 is 9.24. The maximum atomic E-state index is 5.90. The lowest BCUT2D eigenvalue weighted by molar-refractivity contribution is 0.340. The monoisotopic (exact) mass is 285 g/mol. The molecule has 0 saturated heterocycles. The van der Waals surface area contributed by atoms with Crippen LogP contribution in [0.5, 0.6) is 5.75 Å². The number of fused-ring (bicyclic) bond motifs is 1. The molecule has 0 spiro atoms. The van der Waals surface area contributed by atoms with Gasteiger partial charge in [-0.1, -0.05) is 11.6 Å². The largest absolute Gasteiger partial charge is 0.494 e. The number of hydrogen-bond acceptors (Lipinski definition) is 2. The predicted molar refractivity (Wildman–Crippen MR) is 65.6 cm³/mol. The Kier molecular flexibility index (Phi) is 3.12. The van der Waals surface area contributed by atoms with Crippen molar-refractivity contribution in [3.05, 3.63) is 33.9 Å². The molecule has 0 radical (unpaired) electrons. The molecule has 1 aromatic carbocycles. The van der Waals surface area contributed by atoms with E-state index in [1.165, 1.54) is 0 Å². The predicted octanol–water partition coefficient (Wildman–Crippen LogP) is 4.05. The number of rotatable bonds is 2. The summed E-state index contributed by atoms with van der Waals surface area (Å²) in [7, 11) is 0. The molecule has 2 nitrogen and oxygen atoms in total. The van der Waals surface area contributed by atoms with Gasteiger partial charge in [-0.25, -0.2) is 4.98 Å². The van der Waals surface area contributed by atoms with E-state index in [9.17, 15) is 0 Å². The van der Waals surface area contributed by atoms with Gasteiger partial charge in [0.05, 0.1) is 16.6 Å². The molecule has 0 fully saturated rings. The van der Waals surface area contributed by atoms with Crippen LogP contribution in [0.15, 0.2) is 28.7 Å². The van der Waals surface area contributed by atoms with Gasteiger partial charge in [0.1, 0.15) is 10.9 Å². The number of pyridine rings is 1. The molecule has 0 unspecified atom stereocenters.